The Morgan fingerprint density at radius 2 is 1.83 bits per heavy atom. The number of hydrogen-bond acceptors (Lipinski definition) is 8. The highest BCUT2D eigenvalue weighted by Gasteiger charge is 2.33. The van der Waals surface area contributed by atoms with E-state index in [-0.39, 0.29) is 23.6 Å². The minimum absolute atomic E-state index is 0.00215. The number of hydrogen-bond donors (Lipinski definition) is 3. The van der Waals surface area contributed by atoms with Crippen molar-refractivity contribution in [3.8, 4) is 5.75 Å². The molecule has 1 aliphatic carbocycles. The van der Waals surface area contributed by atoms with Crippen molar-refractivity contribution in [3.05, 3.63) is 41.2 Å². The van der Waals surface area contributed by atoms with Gasteiger partial charge in [-0.05, 0) is 70.3 Å². The van der Waals surface area contributed by atoms with E-state index in [4.69, 9.17) is 9.88 Å². The molecule has 0 unspecified atom stereocenters. The first-order valence-corrected chi connectivity index (χ1v) is 15.4. The van der Waals surface area contributed by atoms with Crippen molar-refractivity contribution in [1.82, 2.24) is 20.2 Å². The molecule has 41 heavy (non-hydrogen) atoms. The van der Waals surface area contributed by atoms with Crippen LogP contribution in [-0.4, -0.2) is 60.3 Å². The number of alkyl halides is 3. The third kappa shape index (κ3) is 11.7. The Kier molecular flexibility index (Phi) is 14.7. The van der Waals surface area contributed by atoms with Crippen molar-refractivity contribution in [1.29, 1.82) is 0 Å². The van der Waals surface area contributed by atoms with Crippen LogP contribution in [0, 0.1) is 12.8 Å². The Hall–Kier alpha value is -2.57. The number of halogens is 3. The number of piperidine rings is 1. The lowest BCUT2D eigenvalue weighted by atomic mass is 10.0. The van der Waals surface area contributed by atoms with Gasteiger partial charge in [-0.25, -0.2) is 9.97 Å². The summed E-state index contributed by atoms with van der Waals surface area (Å²) in [4.78, 5) is 22.4. The van der Waals surface area contributed by atoms with Crippen LogP contribution in [0.25, 0.3) is 0 Å². The highest BCUT2D eigenvalue weighted by atomic mass is 32.2. The minimum Gasteiger partial charge on any atom is -0.495 e. The number of carbonyl (C=O) groups excluding carboxylic acids is 1. The lowest BCUT2D eigenvalue weighted by molar-refractivity contribution is -0.138. The number of amides is 1. The standard InChI is InChI=1S/C20H24F3N5O2.C8H16.CH5NS/c1-12-15(20(21,22)23)11-24-19(25-12)27-16-5-4-13(10-17(16)30-3)18(29)26-14-6-8-28(2)9-7-14;1-2-5-8-6-3-4-7-8;1-3-2/h4-5,10-11,14H,6-9H2,1-3H3,(H,26,29)(H,24,25,27);8H,2-7H2,1H3;2H2,1H3. The quantitative estimate of drug-likeness (QED) is 0.307. The van der Waals surface area contributed by atoms with E-state index in [0.717, 1.165) is 38.0 Å². The number of methoxy groups -OCH3 is 1. The van der Waals surface area contributed by atoms with E-state index in [1.165, 1.54) is 64.5 Å². The molecular formula is C29H45F3N6O2S. The van der Waals surface area contributed by atoms with E-state index in [2.05, 4.69) is 39.5 Å². The normalized spacial score (nSPS) is 16.2. The fourth-order valence-corrected chi connectivity index (χ4v) is 4.99. The maximum Gasteiger partial charge on any atom is 0.419 e. The number of nitrogens with two attached hydrogens (primary N) is 1. The summed E-state index contributed by atoms with van der Waals surface area (Å²) in [5.74, 6) is 1.27. The van der Waals surface area contributed by atoms with E-state index in [1.807, 2.05) is 6.26 Å². The Balaban J connectivity index is 0.000000449. The third-order valence-electron chi connectivity index (χ3n) is 7.22. The number of likely N-dealkylation sites (tertiary alicyclic amines) is 1. The van der Waals surface area contributed by atoms with Crippen LogP contribution in [0.3, 0.4) is 0 Å². The Morgan fingerprint density at radius 3 is 2.37 bits per heavy atom. The summed E-state index contributed by atoms with van der Waals surface area (Å²) in [6.45, 7) is 5.43. The zero-order valence-corrected chi connectivity index (χ0v) is 25.6. The van der Waals surface area contributed by atoms with Gasteiger partial charge in [-0.2, -0.15) is 13.2 Å². The molecule has 4 rings (SSSR count). The van der Waals surface area contributed by atoms with Crippen molar-refractivity contribution in [2.24, 2.45) is 11.1 Å². The second-order valence-electron chi connectivity index (χ2n) is 10.5. The van der Waals surface area contributed by atoms with Gasteiger partial charge in [0.25, 0.3) is 5.91 Å². The number of ether oxygens (including phenoxy) is 1. The predicted molar refractivity (Wildman–Crippen MR) is 161 cm³/mol. The molecule has 1 aromatic heterocycles. The fraction of sp³-hybridized carbons (Fsp3) is 0.621. The van der Waals surface area contributed by atoms with Crippen LogP contribution in [0.15, 0.2) is 24.4 Å². The van der Waals surface area contributed by atoms with Crippen LogP contribution < -0.4 is 20.5 Å². The summed E-state index contributed by atoms with van der Waals surface area (Å²) in [5.41, 5.74) is -0.206. The van der Waals surface area contributed by atoms with Crippen molar-refractivity contribution in [2.75, 3.05) is 38.8 Å². The van der Waals surface area contributed by atoms with Gasteiger partial charge in [-0.15, -0.1) is 0 Å². The molecule has 12 heteroatoms. The summed E-state index contributed by atoms with van der Waals surface area (Å²) in [6, 6.07) is 4.93. The number of nitrogens with one attached hydrogen (secondary N) is 2. The summed E-state index contributed by atoms with van der Waals surface area (Å²) >= 11 is 1.25. The molecule has 1 aromatic carbocycles. The first kappa shape index (κ1) is 34.6. The molecule has 2 aromatic rings. The van der Waals surface area contributed by atoms with E-state index in [0.29, 0.717) is 17.0 Å². The second kappa shape index (κ2) is 17.4. The Morgan fingerprint density at radius 1 is 1.20 bits per heavy atom. The van der Waals surface area contributed by atoms with Gasteiger partial charge < -0.3 is 20.3 Å². The van der Waals surface area contributed by atoms with Gasteiger partial charge >= 0.3 is 6.18 Å². The van der Waals surface area contributed by atoms with Crippen molar-refractivity contribution < 1.29 is 22.7 Å². The predicted octanol–water partition coefficient (Wildman–Crippen LogP) is 6.58. The third-order valence-corrected chi connectivity index (χ3v) is 7.22. The van der Waals surface area contributed by atoms with Crippen molar-refractivity contribution >= 4 is 29.5 Å². The van der Waals surface area contributed by atoms with E-state index >= 15 is 0 Å². The largest absolute Gasteiger partial charge is 0.495 e. The molecule has 230 valence electrons. The first-order valence-electron chi connectivity index (χ1n) is 14.1. The highest BCUT2D eigenvalue weighted by molar-refractivity contribution is 7.96. The van der Waals surface area contributed by atoms with Crippen LogP contribution in [-0.2, 0) is 6.18 Å². The summed E-state index contributed by atoms with van der Waals surface area (Å²) < 4.78 is 44.0. The maximum atomic E-state index is 12.9. The summed E-state index contributed by atoms with van der Waals surface area (Å²) in [6.07, 6.45) is 8.76. The monoisotopic (exact) mass is 598 g/mol. The average molecular weight is 599 g/mol. The maximum absolute atomic E-state index is 12.9. The number of benzene rings is 1. The molecule has 2 aliphatic rings. The van der Waals surface area contributed by atoms with E-state index in [9.17, 15) is 18.0 Å². The van der Waals surface area contributed by atoms with Gasteiger partial charge in [-0.3, -0.25) is 9.93 Å². The molecule has 4 N–H and O–H groups in total. The molecule has 0 atom stereocenters. The molecule has 1 aliphatic heterocycles. The van der Waals surface area contributed by atoms with Gasteiger partial charge in [0.2, 0.25) is 5.95 Å². The number of rotatable bonds is 7. The van der Waals surface area contributed by atoms with Gasteiger partial charge in [0.05, 0.1) is 24.1 Å². The second-order valence-corrected chi connectivity index (χ2v) is 10.9. The number of anilines is 2. The van der Waals surface area contributed by atoms with Gasteiger partial charge in [-0.1, -0.05) is 57.4 Å². The molecule has 2 heterocycles. The Labute approximate surface area is 246 Å². The molecule has 0 bridgehead atoms. The zero-order chi connectivity index (χ0) is 30.4. The number of carbonyl (C=O) groups is 1. The minimum atomic E-state index is -4.51. The zero-order valence-electron chi connectivity index (χ0n) is 24.8. The number of nitrogens with zero attached hydrogens (tertiary/aromatic N) is 3. The molecule has 0 radical (unpaired) electrons. The Bertz CT molecular complexity index is 1080. The van der Waals surface area contributed by atoms with Gasteiger partial charge in [0.15, 0.2) is 0 Å². The molecule has 1 amide bonds. The van der Waals surface area contributed by atoms with Crippen LogP contribution in [0.2, 0.25) is 0 Å². The van der Waals surface area contributed by atoms with E-state index in [1.54, 1.807) is 18.2 Å². The molecule has 2 fully saturated rings. The highest BCUT2D eigenvalue weighted by Crippen LogP contribution is 2.32. The first-order chi connectivity index (χ1) is 19.5. The van der Waals surface area contributed by atoms with Gasteiger partial charge in [0, 0.05) is 17.8 Å². The lowest BCUT2D eigenvalue weighted by Gasteiger charge is -2.29. The molecule has 8 nitrogen and oxygen atoms in total. The fourth-order valence-electron chi connectivity index (χ4n) is 4.99. The molecule has 1 saturated carbocycles. The number of aromatic nitrogens is 2. The van der Waals surface area contributed by atoms with Crippen LogP contribution in [0.4, 0.5) is 24.8 Å². The van der Waals surface area contributed by atoms with Crippen LogP contribution in [0.5, 0.6) is 5.75 Å². The summed E-state index contributed by atoms with van der Waals surface area (Å²) in [7, 11) is 3.49. The molecule has 0 spiro atoms. The average Bonchev–Trinajstić information content (AvgIpc) is 3.44. The SMILES string of the molecule is CCCC1CCCC1.COc1cc(C(=O)NC2CCN(C)CC2)ccc1Nc1ncc(C(F)(F)F)c(C)n1.CSN. The van der Waals surface area contributed by atoms with Crippen molar-refractivity contribution in [2.45, 2.75) is 77.4 Å². The van der Waals surface area contributed by atoms with Crippen LogP contribution >= 0.6 is 11.9 Å². The number of aryl methyl sites for hydroxylation is 1. The van der Waals surface area contributed by atoms with Gasteiger partial charge in [0.1, 0.15) is 5.75 Å². The smallest absolute Gasteiger partial charge is 0.419 e. The topological polar surface area (TPSA) is 105 Å². The molecular weight excluding hydrogens is 553 g/mol. The van der Waals surface area contributed by atoms with Crippen LogP contribution in [0.1, 0.15) is 79.9 Å². The van der Waals surface area contributed by atoms with E-state index < -0.39 is 11.7 Å². The lowest BCUT2D eigenvalue weighted by Crippen LogP contribution is -2.43. The van der Waals surface area contributed by atoms with Crippen molar-refractivity contribution in [3.63, 3.8) is 0 Å². The molecule has 1 saturated heterocycles. The summed E-state index contributed by atoms with van der Waals surface area (Å²) in [5, 5.41) is 10.6.